The fourth-order valence-electron chi connectivity index (χ4n) is 3.45. The highest BCUT2D eigenvalue weighted by molar-refractivity contribution is 7.91. The average Bonchev–Trinajstić information content (AvgIpc) is 2.57. The molecule has 0 aromatic carbocycles. The maximum Gasteiger partial charge on any atom is 0.150 e. The van der Waals surface area contributed by atoms with E-state index in [1.807, 2.05) is 0 Å². The Hall–Kier alpha value is -0.0900. The van der Waals surface area contributed by atoms with Gasteiger partial charge in [-0.3, -0.25) is 0 Å². The van der Waals surface area contributed by atoms with Crippen LogP contribution in [0.3, 0.4) is 0 Å². The number of sulfone groups is 1. The molecule has 0 amide bonds. The Morgan fingerprint density at radius 1 is 1.00 bits per heavy atom. The summed E-state index contributed by atoms with van der Waals surface area (Å²) in [4.78, 5) is 2.44. The van der Waals surface area contributed by atoms with Gasteiger partial charge < -0.3 is 4.90 Å². The van der Waals surface area contributed by atoms with Crippen LogP contribution in [-0.4, -0.2) is 44.5 Å². The Morgan fingerprint density at radius 2 is 1.61 bits per heavy atom. The highest BCUT2D eigenvalue weighted by atomic mass is 32.2. The van der Waals surface area contributed by atoms with E-state index >= 15 is 0 Å². The van der Waals surface area contributed by atoms with Crippen LogP contribution < -0.4 is 0 Å². The highest BCUT2D eigenvalue weighted by Gasteiger charge is 2.29. The van der Waals surface area contributed by atoms with Gasteiger partial charge in [0.05, 0.1) is 11.5 Å². The second-order valence-corrected chi connectivity index (χ2v) is 8.44. The molecule has 2 rings (SSSR count). The van der Waals surface area contributed by atoms with Crippen LogP contribution in [-0.2, 0) is 9.84 Å². The van der Waals surface area contributed by atoms with Gasteiger partial charge in [0, 0.05) is 12.6 Å². The molecule has 0 spiro atoms. The third-order valence-corrected chi connectivity index (χ3v) is 6.41. The van der Waals surface area contributed by atoms with Gasteiger partial charge in [0.1, 0.15) is 0 Å². The summed E-state index contributed by atoms with van der Waals surface area (Å²) in [5.74, 6) is 1.21. The number of hydrogen-bond donors (Lipinski definition) is 0. The van der Waals surface area contributed by atoms with E-state index in [0.29, 0.717) is 23.5 Å². The lowest BCUT2D eigenvalue weighted by Crippen LogP contribution is -2.36. The minimum Gasteiger partial charge on any atom is -0.303 e. The number of hydrogen-bond acceptors (Lipinski definition) is 3. The molecule has 0 aromatic heterocycles. The molecule has 4 heteroatoms. The van der Waals surface area contributed by atoms with Gasteiger partial charge in [0.2, 0.25) is 0 Å². The van der Waals surface area contributed by atoms with Gasteiger partial charge in [0.25, 0.3) is 0 Å². The van der Waals surface area contributed by atoms with Crippen LogP contribution in [0.1, 0.15) is 51.4 Å². The second kappa shape index (κ2) is 6.38. The largest absolute Gasteiger partial charge is 0.303 e. The van der Waals surface area contributed by atoms with Crippen LogP contribution in [0, 0.1) is 5.92 Å². The molecule has 2 fully saturated rings. The molecule has 1 aliphatic heterocycles. The van der Waals surface area contributed by atoms with Crippen LogP contribution in [0.4, 0.5) is 0 Å². The summed E-state index contributed by atoms with van der Waals surface area (Å²) in [5.41, 5.74) is 0. The SMILES string of the molecule is CN(C[C@@H]1CCS(=O)(=O)C1)C1CCCCCCC1. The third-order valence-electron chi connectivity index (χ3n) is 4.57. The van der Waals surface area contributed by atoms with Crippen LogP contribution in [0.15, 0.2) is 0 Å². The first-order valence-corrected chi connectivity index (χ1v) is 9.29. The predicted molar refractivity (Wildman–Crippen MR) is 75.5 cm³/mol. The highest BCUT2D eigenvalue weighted by Crippen LogP contribution is 2.24. The first kappa shape index (κ1) is 14.3. The quantitative estimate of drug-likeness (QED) is 0.793. The van der Waals surface area contributed by atoms with Crippen molar-refractivity contribution in [2.24, 2.45) is 5.92 Å². The van der Waals surface area contributed by atoms with Crippen molar-refractivity contribution in [2.45, 2.75) is 57.4 Å². The van der Waals surface area contributed by atoms with Crippen LogP contribution >= 0.6 is 0 Å². The standard InChI is InChI=1S/C14H27NO2S/c1-15(11-13-9-10-18(16,17)12-13)14-7-5-3-2-4-6-8-14/h13-14H,2-12H2,1H3/t13-/m0/s1. The van der Waals surface area contributed by atoms with Crippen LogP contribution in [0.2, 0.25) is 0 Å². The number of nitrogens with zero attached hydrogens (tertiary/aromatic N) is 1. The van der Waals surface area contributed by atoms with E-state index in [1.165, 1.54) is 44.9 Å². The molecular formula is C14H27NO2S. The monoisotopic (exact) mass is 273 g/mol. The van der Waals surface area contributed by atoms with Gasteiger partial charge in [-0.25, -0.2) is 8.42 Å². The molecule has 0 radical (unpaired) electrons. The van der Waals surface area contributed by atoms with E-state index in [4.69, 9.17) is 0 Å². The molecule has 106 valence electrons. The van der Waals surface area contributed by atoms with Gasteiger partial charge in [-0.1, -0.05) is 32.1 Å². The lowest BCUT2D eigenvalue weighted by Gasteiger charge is -2.31. The van der Waals surface area contributed by atoms with Crippen LogP contribution in [0.5, 0.6) is 0 Å². The van der Waals surface area contributed by atoms with E-state index < -0.39 is 9.84 Å². The molecule has 3 nitrogen and oxygen atoms in total. The Bertz CT molecular complexity index is 345. The molecule has 1 saturated carbocycles. The van der Waals surface area contributed by atoms with Gasteiger partial charge in [-0.05, 0) is 32.2 Å². The van der Waals surface area contributed by atoms with E-state index in [1.54, 1.807) is 0 Å². The summed E-state index contributed by atoms with van der Waals surface area (Å²) in [5, 5.41) is 0. The summed E-state index contributed by atoms with van der Waals surface area (Å²) in [6, 6.07) is 0.689. The van der Waals surface area contributed by atoms with Crippen molar-refractivity contribution in [3.8, 4) is 0 Å². The summed E-state index contributed by atoms with van der Waals surface area (Å²) in [6.45, 7) is 0.976. The minimum atomic E-state index is -2.71. The van der Waals surface area contributed by atoms with E-state index in [2.05, 4.69) is 11.9 Å². The Labute approximate surface area is 112 Å². The zero-order chi connectivity index (χ0) is 13.0. The average molecular weight is 273 g/mol. The van der Waals surface area contributed by atoms with Crippen molar-refractivity contribution in [3.63, 3.8) is 0 Å². The molecule has 0 bridgehead atoms. The van der Waals surface area contributed by atoms with E-state index in [0.717, 1.165) is 13.0 Å². The molecular weight excluding hydrogens is 246 g/mol. The van der Waals surface area contributed by atoms with Crippen molar-refractivity contribution < 1.29 is 8.42 Å². The Balaban J connectivity index is 1.81. The molecule has 1 heterocycles. The lowest BCUT2D eigenvalue weighted by molar-refractivity contribution is 0.181. The first-order chi connectivity index (χ1) is 8.57. The fourth-order valence-corrected chi connectivity index (χ4v) is 5.30. The predicted octanol–water partition coefficient (Wildman–Crippen LogP) is 2.47. The Morgan fingerprint density at radius 3 is 2.17 bits per heavy atom. The van der Waals surface area contributed by atoms with Crippen molar-refractivity contribution in [3.05, 3.63) is 0 Å². The van der Waals surface area contributed by atoms with Gasteiger partial charge in [-0.15, -0.1) is 0 Å². The molecule has 0 aromatic rings. The molecule has 2 aliphatic rings. The topological polar surface area (TPSA) is 37.4 Å². The van der Waals surface area contributed by atoms with Crippen molar-refractivity contribution >= 4 is 9.84 Å². The summed E-state index contributed by atoms with van der Waals surface area (Å²) < 4.78 is 23.0. The maximum atomic E-state index is 11.5. The van der Waals surface area contributed by atoms with E-state index in [9.17, 15) is 8.42 Å². The van der Waals surface area contributed by atoms with Crippen molar-refractivity contribution in [1.29, 1.82) is 0 Å². The summed E-state index contributed by atoms with van der Waals surface area (Å²) in [6.07, 6.45) is 10.3. The van der Waals surface area contributed by atoms with Gasteiger partial charge in [0.15, 0.2) is 9.84 Å². The smallest absolute Gasteiger partial charge is 0.150 e. The Kier molecular flexibility index (Phi) is 5.07. The van der Waals surface area contributed by atoms with Crippen molar-refractivity contribution in [1.82, 2.24) is 4.90 Å². The summed E-state index contributed by atoms with van der Waals surface area (Å²) in [7, 11) is -0.520. The maximum absolute atomic E-state index is 11.5. The fraction of sp³-hybridized carbons (Fsp3) is 1.00. The number of rotatable bonds is 3. The molecule has 1 atom stereocenters. The molecule has 0 unspecified atom stereocenters. The summed E-state index contributed by atoms with van der Waals surface area (Å²) >= 11 is 0. The second-order valence-electron chi connectivity index (χ2n) is 6.21. The molecule has 18 heavy (non-hydrogen) atoms. The molecule has 1 saturated heterocycles. The zero-order valence-electron chi connectivity index (χ0n) is 11.6. The minimum absolute atomic E-state index is 0.380. The zero-order valence-corrected chi connectivity index (χ0v) is 12.4. The van der Waals surface area contributed by atoms with Gasteiger partial charge >= 0.3 is 0 Å². The third kappa shape index (κ3) is 4.23. The van der Waals surface area contributed by atoms with Crippen LogP contribution in [0.25, 0.3) is 0 Å². The lowest BCUT2D eigenvalue weighted by atomic mass is 9.95. The normalized spacial score (nSPS) is 30.2. The molecule has 0 N–H and O–H groups in total. The van der Waals surface area contributed by atoms with Crippen molar-refractivity contribution in [2.75, 3.05) is 25.1 Å². The molecule has 1 aliphatic carbocycles. The first-order valence-electron chi connectivity index (χ1n) is 7.47. The van der Waals surface area contributed by atoms with Gasteiger partial charge in [-0.2, -0.15) is 0 Å². The van der Waals surface area contributed by atoms with E-state index in [-0.39, 0.29) is 0 Å².